The normalized spacial score (nSPS) is 14.9. The summed E-state index contributed by atoms with van der Waals surface area (Å²) in [5, 5.41) is 9.45. The molecule has 0 unspecified atom stereocenters. The number of nitrogens with zero attached hydrogens (tertiary/aromatic N) is 2. The lowest BCUT2D eigenvalue weighted by molar-refractivity contribution is 0.104. The van der Waals surface area contributed by atoms with Crippen LogP contribution in [0.15, 0.2) is 78.9 Å². The predicted molar refractivity (Wildman–Crippen MR) is 123 cm³/mol. The van der Waals surface area contributed by atoms with E-state index in [2.05, 4.69) is 29.0 Å². The molecule has 0 saturated carbocycles. The first kappa shape index (κ1) is 19.9. The van der Waals surface area contributed by atoms with Gasteiger partial charge in [-0.2, -0.15) is 0 Å². The second-order valence-corrected chi connectivity index (χ2v) is 7.68. The maximum Gasteiger partial charge on any atom is 0.186 e. The third-order valence-corrected chi connectivity index (χ3v) is 5.54. The van der Waals surface area contributed by atoms with E-state index in [0.717, 1.165) is 48.6 Å². The van der Waals surface area contributed by atoms with Crippen molar-refractivity contribution in [2.75, 3.05) is 38.1 Å². The van der Waals surface area contributed by atoms with E-state index in [1.165, 1.54) is 0 Å². The summed E-state index contributed by atoms with van der Waals surface area (Å²) in [7, 11) is 2.14. The summed E-state index contributed by atoms with van der Waals surface area (Å²) in [6.45, 7) is 3.95. The molecule has 1 saturated heterocycles. The Balaban J connectivity index is 1.67. The van der Waals surface area contributed by atoms with Crippen LogP contribution in [0, 0.1) is 0 Å². The number of hydrogen-bond acceptors (Lipinski definition) is 4. The Morgan fingerprint density at radius 3 is 2.30 bits per heavy atom. The molecule has 1 fully saturated rings. The van der Waals surface area contributed by atoms with Gasteiger partial charge in [-0.25, -0.2) is 0 Å². The maximum absolute atomic E-state index is 13.2. The van der Waals surface area contributed by atoms with Crippen molar-refractivity contribution < 1.29 is 9.90 Å². The van der Waals surface area contributed by atoms with Crippen molar-refractivity contribution in [3.8, 4) is 16.9 Å². The van der Waals surface area contributed by atoms with Crippen LogP contribution in [-0.4, -0.2) is 49.0 Å². The number of phenolic OH excluding ortho intramolecular Hbond substituents is 1. The molecule has 1 N–H and O–H groups in total. The molecule has 0 atom stereocenters. The smallest absolute Gasteiger partial charge is 0.186 e. The van der Waals surface area contributed by atoms with E-state index in [1.807, 2.05) is 36.4 Å². The number of carbonyl (C=O) groups excluding carboxylic acids is 1. The number of piperazine rings is 1. The highest BCUT2D eigenvalue weighted by molar-refractivity contribution is 6.11. The maximum atomic E-state index is 13.2. The summed E-state index contributed by atoms with van der Waals surface area (Å²) in [4.78, 5) is 17.9. The Morgan fingerprint density at radius 2 is 1.60 bits per heavy atom. The monoisotopic (exact) mass is 398 g/mol. The van der Waals surface area contributed by atoms with Gasteiger partial charge < -0.3 is 14.9 Å². The summed E-state index contributed by atoms with van der Waals surface area (Å²) in [5.41, 5.74) is 4.63. The van der Waals surface area contributed by atoms with Gasteiger partial charge in [-0.3, -0.25) is 4.79 Å². The van der Waals surface area contributed by atoms with Crippen molar-refractivity contribution in [1.82, 2.24) is 4.90 Å². The van der Waals surface area contributed by atoms with Crippen LogP contribution >= 0.6 is 0 Å². The lowest BCUT2D eigenvalue weighted by Crippen LogP contribution is -2.44. The molecule has 4 heteroatoms. The van der Waals surface area contributed by atoms with E-state index in [4.69, 9.17) is 0 Å². The fourth-order valence-electron chi connectivity index (χ4n) is 3.71. The molecule has 0 aromatic heterocycles. The zero-order valence-corrected chi connectivity index (χ0v) is 17.2. The number of carbonyl (C=O) groups is 1. The number of likely N-dealkylation sites (N-methyl/N-ethyl adjacent to an activating group) is 1. The van der Waals surface area contributed by atoms with Gasteiger partial charge in [-0.15, -0.1) is 0 Å². The molecule has 1 aliphatic rings. The Bertz CT molecular complexity index is 1030. The molecular weight excluding hydrogens is 372 g/mol. The Morgan fingerprint density at radius 1 is 0.900 bits per heavy atom. The largest absolute Gasteiger partial charge is 0.508 e. The van der Waals surface area contributed by atoms with Crippen molar-refractivity contribution in [2.45, 2.75) is 0 Å². The number of rotatable bonds is 5. The Kier molecular flexibility index (Phi) is 5.96. The van der Waals surface area contributed by atoms with Crippen molar-refractivity contribution >= 4 is 17.5 Å². The molecule has 0 bridgehead atoms. The molecule has 0 spiro atoms. The van der Waals surface area contributed by atoms with Gasteiger partial charge in [0.05, 0.1) is 0 Å². The third kappa shape index (κ3) is 4.61. The average Bonchev–Trinajstić information content (AvgIpc) is 2.79. The van der Waals surface area contributed by atoms with Crippen LogP contribution in [0.3, 0.4) is 0 Å². The molecule has 0 radical (unpaired) electrons. The first-order valence-electron chi connectivity index (χ1n) is 10.2. The molecule has 0 aliphatic carbocycles. The van der Waals surface area contributed by atoms with Crippen LogP contribution in [0.1, 0.15) is 15.9 Å². The third-order valence-electron chi connectivity index (χ3n) is 5.54. The predicted octanol–water partition coefficient (Wildman–Crippen LogP) is 4.71. The summed E-state index contributed by atoms with van der Waals surface area (Å²) < 4.78 is 0. The number of phenols is 1. The summed E-state index contributed by atoms with van der Waals surface area (Å²) >= 11 is 0. The molecule has 3 aromatic carbocycles. The highest BCUT2D eigenvalue weighted by atomic mass is 16.3. The molecular formula is C26H26N2O2. The second-order valence-electron chi connectivity index (χ2n) is 7.68. The van der Waals surface area contributed by atoms with Gasteiger partial charge in [0.1, 0.15) is 5.75 Å². The van der Waals surface area contributed by atoms with Crippen molar-refractivity contribution in [2.24, 2.45) is 0 Å². The van der Waals surface area contributed by atoms with Gasteiger partial charge in [0.25, 0.3) is 0 Å². The van der Waals surface area contributed by atoms with E-state index in [1.54, 1.807) is 36.4 Å². The number of hydrogen-bond donors (Lipinski definition) is 1. The molecule has 0 amide bonds. The van der Waals surface area contributed by atoms with Gasteiger partial charge in [0.15, 0.2) is 5.78 Å². The van der Waals surface area contributed by atoms with Gasteiger partial charge in [-0.05, 0) is 54.1 Å². The lowest BCUT2D eigenvalue weighted by Gasteiger charge is -2.34. The van der Waals surface area contributed by atoms with Gasteiger partial charge in [-0.1, -0.05) is 54.6 Å². The van der Waals surface area contributed by atoms with E-state index < -0.39 is 0 Å². The molecule has 3 aromatic rings. The molecule has 1 heterocycles. The summed E-state index contributed by atoms with van der Waals surface area (Å²) in [6, 6.07) is 23.0. The van der Waals surface area contributed by atoms with Crippen LogP contribution < -0.4 is 4.90 Å². The highest BCUT2D eigenvalue weighted by Gasteiger charge is 2.18. The fourth-order valence-corrected chi connectivity index (χ4v) is 3.71. The molecule has 152 valence electrons. The van der Waals surface area contributed by atoms with Gasteiger partial charge in [0.2, 0.25) is 0 Å². The van der Waals surface area contributed by atoms with E-state index in [0.29, 0.717) is 5.56 Å². The Labute approximate surface area is 177 Å². The molecule has 4 nitrogen and oxygen atoms in total. The zero-order valence-electron chi connectivity index (χ0n) is 17.2. The van der Waals surface area contributed by atoms with Crippen LogP contribution in [0.25, 0.3) is 17.2 Å². The highest BCUT2D eigenvalue weighted by Crippen LogP contribution is 2.29. The number of benzene rings is 3. The first-order valence-corrected chi connectivity index (χ1v) is 10.2. The fraction of sp³-hybridized carbons (Fsp3) is 0.192. The number of ketones is 1. The Hall–Kier alpha value is -3.37. The topological polar surface area (TPSA) is 43.8 Å². The first-order chi connectivity index (χ1) is 14.6. The van der Waals surface area contributed by atoms with Crippen LogP contribution in [0.5, 0.6) is 5.75 Å². The second kappa shape index (κ2) is 8.97. The van der Waals surface area contributed by atoms with Crippen molar-refractivity contribution in [3.05, 3.63) is 90.0 Å². The van der Waals surface area contributed by atoms with Gasteiger partial charge in [0, 0.05) is 37.4 Å². The van der Waals surface area contributed by atoms with Crippen LogP contribution in [0.4, 0.5) is 5.69 Å². The lowest BCUT2D eigenvalue weighted by atomic mass is 9.95. The number of allylic oxidation sites excluding steroid dienone is 1. The number of aromatic hydroxyl groups is 1. The number of anilines is 1. The standard InChI is InChI=1S/C26H26N2O2/c1-27-15-17-28(18-16-27)22-10-13-24(21-5-3-2-4-6-21)25(19-22)26(30)14-9-20-7-11-23(29)12-8-20/h2-14,19,29H,15-18H2,1H3. The van der Waals surface area contributed by atoms with E-state index in [9.17, 15) is 9.90 Å². The minimum absolute atomic E-state index is 0.0297. The summed E-state index contributed by atoms with van der Waals surface area (Å²) in [6.07, 6.45) is 3.40. The van der Waals surface area contributed by atoms with E-state index >= 15 is 0 Å². The molecule has 1 aliphatic heterocycles. The average molecular weight is 399 g/mol. The zero-order chi connectivity index (χ0) is 20.9. The van der Waals surface area contributed by atoms with Crippen LogP contribution in [0.2, 0.25) is 0 Å². The van der Waals surface area contributed by atoms with Crippen LogP contribution in [-0.2, 0) is 0 Å². The van der Waals surface area contributed by atoms with Crippen molar-refractivity contribution in [1.29, 1.82) is 0 Å². The van der Waals surface area contributed by atoms with Crippen molar-refractivity contribution in [3.63, 3.8) is 0 Å². The quantitative estimate of drug-likeness (QED) is 0.499. The summed E-state index contributed by atoms with van der Waals surface area (Å²) in [5.74, 6) is 0.183. The van der Waals surface area contributed by atoms with E-state index in [-0.39, 0.29) is 11.5 Å². The SMILES string of the molecule is CN1CCN(c2ccc(-c3ccccc3)c(C(=O)C=Cc3ccc(O)cc3)c2)CC1. The molecule has 4 rings (SSSR count). The molecule has 30 heavy (non-hydrogen) atoms. The minimum Gasteiger partial charge on any atom is -0.508 e. The minimum atomic E-state index is -0.0297. The van der Waals surface area contributed by atoms with Gasteiger partial charge >= 0.3 is 0 Å².